The molecule has 2 aromatic carbocycles. The van der Waals surface area contributed by atoms with E-state index in [1.54, 1.807) is 24.3 Å². The lowest BCUT2D eigenvalue weighted by Gasteiger charge is -2.15. The normalized spacial score (nSPS) is 11.8. The number of nitrogens with one attached hydrogen (secondary N) is 1. The molecule has 0 unspecified atom stereocenters. The monoisotopic (exact) mass is 311 g/mol. The molecular formula is C15H12ClF2NO2. The molecule has 0 aliphatic rings. The van der Waals surface area contributed by atoms with Gasteiger partial charge in [-0.3, -0.25) is 4.79 Å². The van der Waals surface area contributed by atoms with E-state index >= 15 is 0 Å². The molecular weight excluding hydrogens is 300 g/mol. The van der Waals surface area contributed by atoms with E-state index < -0.39 is 23.6 Å². The molecule has 0 saturated carbocycles. The van der Waals surface area contributed by atoms with Crippen LogP contribution in [0.15, 0.2) is 42.5 Å². The zero-order valence-electron chi connectivity index (χ0n) is 11.1. The van der Waals surface area contributed by atoms with E-state index in [0.29, 0.717) is 10.7 Å². The summed E-state index contributed by atoms with van der Waals surface area (Å²) in [7, 11) is 0. The fraction of sp³-hybridized carbons (Fsp3) is 0.133. The van der Waals surface area contributed by atoms with Crippen molar-refractivity contribution >= 4 is 23.2 Å². The number of halogens is 3. The average molecular weight is 312 g/mol. The average Bonchev–Trinajstić information content (AvgIpc) is 2.45. The summed E-state index contributed by atoms with van der Waals surface area (Å²) in [5.41, 5.74) is 0.449. The lowest BCUT2D eigenvalue weighted by atomic mass is 10.3. The number of anilines is 1. The molecule has 0 spiro atoms. The maximum Gasteiger partial charge on any atom is 0.265 e. The van der Waals surface area contributed by atoms with Crippen LogP contribution in [0.4, 0.5) is 14.5 Å². The fourth-order valence-electron chi connectivity index (χ4n) is 1.60. The van der Waals surface area contributed by atoms with E-state index in [-0.39, 0.29) is 5.75 Å². The molecule has 0 aromatic heterocycles. The van der Waals surface area contributed by atoms with E-state index in [4.69, 9.17) is 16.3 Å². The van der Waals surface area contributed by atoms with Crippen LogP contribution in [0.2, 0.25) is 5.02 Å². The third-order valence-corrected chi connectivity index (χ3v) is 3.03. The van der Waals surface area contributed by atoms with Crippen molar-refractivity contribution in [3.63, 3.8) is 0 Å². The smallest absolute Gasteiger partial charge is 0.265 e. The Hall–Kier alpha value is -2.14. The number of amides is 1. The predicted molar refractivity (Wildman–Crippen MR) is 76.5 cm³/mol. The molecule has 0 aliphatic carbocycles. The van der Waals surface area contributed by atoms with Gasteiger partial charge in [0.1, 0.15) is 5.75 Å². The minimum atomic E-state index is -1.04. The van der Waals surface area contributed by atoms with Gasteiger partial charge in [-0.1, -0.05) is 23.7 Å². The molecule has 1 atom stereocenters. The van der Waals surface area contributed by atoms with Crippen molar-refractivity contribution in [3.8, 4) is 5.75 Å². The number of hydrogen-bond donors (Lipinski definition) is 1. The zero-order valence-corrected chi connectivity index (χ0v) is 11.8. The molecule has 0 saturated heterocycles. The van der Waals surface area contributed by atoms with Crippen molar-refractivity contribution in [3.05, 3.63) is 59.1 Å². The minimum absolute atomic E-state index is 0.0655. The quantitative estimate of drug-likeness (QED) is 0.926. The third-order valence-electron chi connectivity index (χ3n) is 2.70. The van der Waals surface area contributed by atoms with E-state index in [1.807, 2.05) is 0 Å². The summed E-state index contributed by atoms with van der Waals surface area (Å²) < 4.78 is 31.1. The number of benzene rings is 2. The lowest BCUT2D eigenvalue weighted by molar-refractivity contribution is -0.122. The first-order valence-electron chi connectivity index (χ1n) is 6.14. The molecule has 0 fully saturated rings. The van der Waals surface area contributed by atoms with Crippen molar-refractivity contribution in [2.24, 2.45) is 0 Å². The Morgan fingerprint density at radius 1 is 1.19 bits per heavy atom. The highest BCUT2D eigenvalue weighted by atomic mass is 35.5. The molecule has 0 bridgehead atoms. The van der Waals surface area contributed by atoms with Gasteiger partial charge in [-0.2, -0.15) is 0 Å². The van der Waals surface area contributed by atoms with Crippen molar-refractivity contribution in [2.45, 2.75) is 13.0 Å². The van der Waals surface area contributed by atoms with E-state index in [9.17, 15) is 13.6 Å². The van der Waals surface area contributed by atoms with Gasteiger partial charge in [0.2, 0.25) is 0 Å². The number of carbonyl (C=O) groups excluding carboxylic acids is 1. The van der Waals surface area contributed by atoms with Crippen LogP contribution in [-0.4, -0.2) is 12.0 Å². The molecule has 0 heterocycles. The number of hydrogen-bond acceptors (Lipinski definition) is 2. The van der Waals surface area contributed by atoms with Crippen LogP contribution in [0.1, 0.15) is 6.92 Å². The molecule has 6 heteroatoms. The molecule has 2 rings (SSSR count). The Kier molecular flexibility index (Phi) is 4.75. The highest BCUT2D eigenvalue weighted by Gasteiger charge is 2.16. The van der Waals surface area contributed by atoms with Crippen LogP contribution < -0.4 is 10.1 Å². The van der Waals surface area contributed by atoms with Gasteiger partial charge >= 0.3 is 0 Å². The van der Waals surface area contributed by atoms with Gasteiger partial charge in [-0.05, 0) is 31.2 Å². The zero-order chi connectivity index (χ0) is 15.4. The first kappa shape index (κ1) is 15.3. The van der Waals surface area contributed by atoms with Crippen LogP contribution in [0.25, 0.3) is 0 Å². The van der Waals surface area contributed by atoms with Gasteiger partial charge in [0.05, 0.1) is 10.7 Å². The predicted octanol–water partition coefficient (Wildman–Crippen LogP) is 4.02. The maximum atomic E-state index is 13.1. The molecule has 21 heavy (non-hydrogen) atoms. The Labute approximate surface area is 125 Å². The number of carbonyl (C=O) groups is 1. The minimum Gasteiger partial charge on any atom is -0.481 e. The molecule has 3 nitrogen and oxygen atoms in total. The topological polar surface area (TPSA) is 38.3 Å². The van der Waals surface area contributed by atoms with Gasteiger partial charge in [-0.25, -0.2) is 8.78 Å². The first-order valence-corrected chi connectivity index (χ1v) is 6.52. The largest absolute Gasteiger partial charge is 0.481 e. The molecule has 110 valence electrons. The summed E-state index contributed by atoms with van der Waals surface area (Å²) in [6.45, 7) is 1.49. The molecule has 2 aromatic rings. The summed E-state index contributed by atoms with van der Waals surface area (Å²) in [4.78, 5) is 12.0. The Balaban J connectivity index is 2.02. The third kappa shape index (κ3) is 3.92. The second-order valence-corrected chi connectivity index (χ2v) is 4.71. The van der Waals surface area contributed by atoms with Crippen LogP contribution in [0, 0.1) is 11.6 Å². The number of rotatable bonds is 4. The van der Waals surface area contributed by atoms with Crippen molar-refractivity contribution in [2.75, 3.05) is 5.32 Å². The van der Waals surface area contributed by atoms with E-state index in [2.05, 4.69) is 5.32 Å². The van der Waals surface area contributed by atoms with Crippen LogP contribution in [-0.2, 0) is 4.79 Å². The standard InChI is InChI=1S/C15H12ClF2NO2/c1-9(21-10-6-7-12(17)13(18)8-10)15(20)19-14-5-3-2-4-11(14)16/h2-9H,1H3,(H,19,20)/t9-/m0/s1. The highest BCUT2D eigenvalue weighted by molar-refractivity contribution is 6.33. The Bertz CT molecular complexity index is 664. The highest BCUT2D eigenvalue weighted by Crippen LogP contribution is 2.21. The van der Waals surface area contributed by atoms with Crippen LogP contribution >= 0.6 is 11.6 Å². The lowest BCUT2D eigenvalue weighted by Crippen LogP contribution is -2.30. The van der Waals surface area contributed by atoms with E-state index in [1.165, 1.54) is 13.0 Å². The molecule has 0 aliphatic heterocycles. The van der Waals surface area contributed by atoms with Gasteiger partial charge in [-0.15, -0.1) is 0 Å². The van der Waals surface area contributed by atoms with Crippen molar-refractivity contribution in [1.82, 2.24) is 0 Å². The summed E-state index contributed by atoms with van der Waals surface area (Å²) in [6.07, 6.45) is -0.897. The summed E-state index contributed by atoms with van der Waals surface area (Å²) in [5, 5.41) is 2.99. The van der Waals surface area contributed by atoms with Gasteiger partial charge in [0.25, 0.3) is 5.91 Å². The maximum absolute atomic E-state index is 13.1. The van der Waals surface area contributed by atoms with Crippen LogP contribution in [0.5, 0.6) is 5.75 Å². The first-order chi connectivity index (χ1) is 9.97. The molecule has 1 N–H and O–H groups in total. The van der Waals surface area contributed by atoms with Crippen molar-refractivity contribution < 1.29 is 18.3 Å². The van der Waals surface area contributed by atoms with Crippen LogP contribution in [0.3, 0.4) is 0 Å². The molecule has 1 amide bonds. The summed E-state index contributed by atoms with van der Waals surface area (Å²) >= 11 is 5.92. The van der Waals surface area contributed by atoms with Gasteiger partial charge < -0.3 is 10.1 Å². The van der Waals surface area contributed by atoms with Gasteiger partial charge in [0, 0.05) is 6.07 Å². The second-order valence-electron chi connectivity index (χ2n) is 4.31. The Morgan fingerprint density at radius 2 is 1.90 bits per heavy atom. The Morgan fingerprint density at radius 3 is 2.57 bits per heavy atom. The number of ether oxygens (including phenoxy) is 1. The molecule has 0 radical (unpaired) electrons. The summed E-state index contributed by atoms with van der Waals surface area (Å²) in [6, 6.07) is 9.81. The summed E-state index contributed by atoms with van der Waals surface area (Å²) in [5.74, 6) is -2.40. The number of para-hydroxylation sites is 1. The second kappa shape index (κ2) is 6.54. The van der Waals surface area contributed by atoms with Gasteiger partial charge in [0.15, 0.2) is 17.7 Å². The SMILES string of the molecule is C[C@H](Oc1ccc(F)c(F)c1)C(=O)Nc1ccccc1Cl. The fourth-order valence-corrected chi connectivity index (χ4v) is 1.79. The van der Waals surface area contributed by atoms with E-state index in [0.717, 1.165) is 12.1 Å². The van der Waals surface area contributed by atoms with Crippen molar-refractivity contribution in [1.29, 1.82) is 0 Å².